The van der Waals surface area contributed by atoms with Crippen LogP contribution in [0.15, 0.2) is 18.2 Å². The van der Waals surface area contributed by atoms with Crippen molar-refractivity contribution >= 4 is 22.0 Å². The summed E-state index contributed by atoms with van der Waals surface area (Å²) in [6.45, 7) is 3.73. The first-order valence-corrected chi connectivity index (χ1v) is 11.6. The van der Waals surface area contributed by atoms with E-state index in [1.165, 1.54) is 19.2 Å². The number of sulfonamides is 1. The van der Waals surface area contributed by atoms with Gasteiger partial charge in [0.15, 0.2) is 0 Å². The van der Waals surface area contributed by atoms with Gasteiger partial charge in [-0.2, -0.15) is 4.31 Å². The van der Waals surface area contributed by atoms with Gasteiger partial charge >= 0.3 is 11.9 Å². The van der Waals surface area contributed by atoms with Gasteiger partial charge in [-0.1, -0.05) is 12.1 Å². The number of rotatable bonds is 8. The zero-order chi connectivity index (χ0) is 22.6. The fourth-order valence-corrected chi connectivity index (χ4v) is 4.69. The highest BCUT2D eigenvalue weighted by Crippen LogP contribution is 2.38. The summed E-state index contributed by atoms with van der Waals surface area (Å²) in [7, 11) is -2.31. The van der Waals surface area contributed by atoms with Gasteiger partial charge in [-0.15, -0.1) is 0 Å². The van der Waals surface area contributed by atoms with E-state index in [4.69, 9.17) is 4.74 Å². The summed E-state index contributed by atoms with van der Waals surface area (Å²) >= 11 is 0. The molecule has 30 heavy (non-hydrogen) atoms. The Balaban J connectivity index is 2.54. The van der Waals surface area contributed by atoms with Gasteiger partial charge in [-0.05, 0) is 43.4 Å². The van der Waals surface area contributed by atoms with Gasteiger partial charge < -0.3 is 15.2 Å². The first kappa shape index (κ1) is 24.2. The van der Waals surface area contributed by atoms with Crippen LogP contribution in [0.25, 0.3) is 0 Å². The Morgan fingerprint density at radius 3 is 2.53 bits per heavy atom. The first-order chi connectivity index (χ1) is 14.0. The largest absolute Gasteiger partial charge is 0.481 e. The second kappa shape index (κ2) is 9.84. The Hall–Kier alpha value is -2.04. The molecule has 2 rings (SSSR count). The molecule has 0 bridgehead atoms. The van der Waals surface area contributed by atoms with Gasteiger partial charge in [-0.25, -0.2) is 12.8 Å². The SMILES string of the molecule is CCOC(=O)[C@H]1CNC[C@@H](C(=O)O)[C@@H]1CC(c1cccc(F)c1C)N(C)S(C)(=O)=O. The average molecular weight is 445 g/mol. The Morgan fingerprint density at radius 1 is 1.33 bits per heavy atom. The quantitative estimate of drug-likeness (QED) is 0.585. The van der Waals surface area contributed by atoms with E-state index in [1.807, 2.05) is 0 Å². The third kappa shape index (κ3) is 5.35. The van der Waals surface area contributed by atoms with Crippen molar-refractivity contribution in [1.82, 2.24) is 9.62 Å². The highest BCUT2D eigenvalue weighted by molar-refractivity contribution is 7.88. The molecule has 1 saturated heterocycles. The number of carbonyl (C=O) groups is 2. The van der Waals surface area contributed by atoms with Crippen molar-refractivity contribution < 1.29 is 32.2 Å². The van der Waals surface area contributed by atoms with Crippen molar-refractivity contribution in [3.8, 4) is 0 Å². The van der Waals surface area contributed by atoms with Crippen LogP contribution in [0.1, 0.15) is 30.5 Å². The van der Waals surface area contributed by atoms with Crippen molar-refractivity contribution in [2.75, 3.05) is 33.0 Å². The monoisotopic (exact) mass is 444 g/mol. The van der Waals surface area contributed by atoms with Crippen molar-refractivity contribution in [3.63, 3.8) is 0 Å². The highest BCUT2D eigenvalue weighted by Gasteiger charge is 2.44. The number of nitrogens with one attached hydrogen (secondary N) is 1. The van der Waals surface area contributed by atoms with Crippen LogP contribution in [0.4, 0.5) is 4.39 Å². The lowest BCUT2D eigenvalue weighted by atomic mass is 9.73. The van der Waals surface area contributed by atoms with Crippen LogP contribution < -0.4 is 5.32 Å². The molecular formula is C20H29FN2O6S. The predicted octanol–water partition coefficient (Wildman–Crippen LogP) is 1.56. The van der Waals surface area contributed by atoms with E-state index >= 15 is 0 Å². The maximum atomic E-state index is 14.2. The molecule has 1 aliphatic heterocycles. The fraction of sp³-hybridized carbons (Fsp3) is 0.600. The van der Waals surface area contributed by atoms with Gasteiger partial charge in [0.1, 0.15) is 5.82 Å². The Morgan fingerprint density at radius 2 is 1.97 bits per heavy atom. The number of carboxylic acids is 1. The lowest BCUT2D eigenvalue weighted by molar-refractivity contribution is -0.155. The summed E-state index contributed by atoms with van der Waals surface area (Å²) in [4.78, 5) is 24.4. The van der Waals surface area contributed by atoms with E-state index in [1.54, 1.807) is 19.9 Å². The standard InChI is InChI=1S/C20H29FN2O6S/c1-5-29-20(26)16-11-22-10-15(19(24)25)14(16)9-18(23(3)30(4,27)28)13-7-6-8-17(21)12(13)2/h6-8,14-16,18,22H,5,9-11H2,1-4H3,(H,24,25)/t14-,15+,16-,18?/m0/s1. The number of benzene rings is 1. The molecule has 1 fully saturated rings. The molecular weight excluding hydrogens is 415 g/mol. The number of carboxylic acid groups (broad SMARTS) is 1. The molecule has 10 heteroatoms. The number of halogens is 1. The summed E-state index contributed by atoms with van der Waals surface area (Å²) < 4.78 is 45.1. The molecule has 2 N–H and O–H groups in total. The molecule has 0 aromatic heterocycles. The summed E-state index contributed by atoms with van der Waals surface area (Å²) in [5, 5.41) is 12.7. The lowest BCUT2D eigenvalue weighted by Crippen LogP contribution is -2.51. The molecule has 168 valence electrons. The molecule has 0 amide bonds. The first-order valence-electron chi connectivity index (χ1n) is 9.77. The molecule has 8 nitrogen and oxygen atoms in total. The van der Waals surface area contributed by atoms with Gasteiger partial charge in [0.05, 0.1) is 30.7 Å². The third-order valence-corrected chi connectivity index (χ3v) is 7.10. The van der Waals surface area contributed by atoms with E-state index in [9.17, 15) is 27.5 Å². The van der Waals surface area contributed by atoms with Crippen LogP contribution >= 0.6 is 0 Å². The molecule has 1 aromatic carbocycles. The van der Waals surface area contributed by atoms with Crippen LogP contribution in [0.3, 0.4) is 0 Å². The molecule has 0 spiro atoms. The number of nitrogens with zero attached hydrogens (tertiary/aromatic N) is 1. The summed E-state index contributed by atoms with van der Waals surface area (Å²) in [6.07, 6.45) is 1.07. The van der Waals surface area contributed by atoms with Crippen molar-refractivity contribution in [1.29, 1.82) is 0 Å². The molecule has 1 aromatic rings. The molecule has 0 aliphatic carbocycles. The summed E-state index contributed by atoms with van der Waals surface area (Å²) in [5.74, 6) is -4.47. The molecule has 1 aliphatic rings. The van der Waals surface area contributed by atoms with Crippen LogP contribution in [-0.2, 0) is 24.3 Å². The maximum Gasteiger partial charge on any atom is 0.310 e. The number of hydrogen-bond donors (Lipinski definition) is 2. The van der Waals surface area contributed by atoms with Crippen molar-refractivity contribution in [3.05, 3.63) is 35.1 Å². The maximum absolute atomic E-state index is 14.2. The second-order valence-electron chi connectivity index (χ2n) is 7.61. The van der Waals surface area contributed by atoms with E-state index in [0.717, 1.165) is 10.6 Å². The molecule has 0 radical (unpaired) electrons. The highest BCUT2D eigenvalue weighted by atomic mass is 32.2. The van der Waals surface area contributed by atoms with Gasteiger partial charge in [0.2, 0.25) is 10.0 Å². The van der Waals surface area contributed by atoms with Crippen LogP contribution in [-0.4, -0.2) is 62.8 Å². The molecule has 1 heterocycles. The molecule has 4 atom stereocenters. The number of hydrogen-bond acceptors (Lipinski definition) is 6. The van der Waals surface area contributed by atoms with Crippen LogP contribution in [0.2, 0.25) is 0 Å². The smallest absolute Gasteiger partial charge is 0.310 e. The Labute approximate surface area is 176 Å². The van der Waals surface area contributed by atoms with E-state index in [-0.39, 0.29) is 31.7 Å². The van der Waals surface area contributed by atoms with E-state index in [2.05, 4.69) is 5.32 Å². The molecule has 1 unspecified atom stereocenters. The Kier molecular flexibility index (Phi) is 7.95. The lowest BCUT2D eigenvalue weighted by Gasteiger charge is -2.39. The summed E-state index contributed by atoms with van der Waals surface area (Å²) in [5.41, 5.74) is 0.722. The second-order valence-corrected chi connectivity index (χ2v) is 9.65. The van der Waals surface area contributed by atoms with Gasteiger partial charge in [0, 0.05) is 20.1 Å². The van der Waals surface area contributed by atoms with Gasteiger partial charge in [0.25, 0.3) is 0 Å². The number of esters is 1. The third-order valence-electron chi connectivity index (χ3n) is 5.79. The molecule has 0 saturated carbocycles. The van der Waals surface area contributed by atoms with Gasteiger partial charge in [-0.3, -0.25) is 9.59 Å². The average Bonchev–Trinajstić information content (AvgIpc) is 2.67. The van der Waals surface area contributed by atoms with E-state index < -0.39 is 51.6 Å². The van der Waals surface area contributed by atoms with Crippen molar-refractivity contribution in [2.45, 2.75) is 26.3 Å². The number of ether oxygens (including phenoxy) is 1. The summed E-state index contributed by atoms with van der Waals surface area (Å²) in [6, 6.07) is 3.56. The minimum absolute atomic E-state index is 0.0377. The zero-order valence-electron chi connectivity index (χ0n) is 17.6. The number of carbonyl (C=O) groups excluding carboxylic acids is 1. The number of aliphatic carboxylic acids is 1. The fourth-order valence-electron chi connectivity index (χ4n) is 4.03. The minimum Gasteiger partial charge on any atom is -0.481 e. The normalized spacial score (nSPS) is 23.2. The predicted molar refractivity (Wildman–Crippen MR) is 109 cm³/mol. The topological polar surface area (TPSA) is 113 Å². The van der Waals surface area contributed by atoms with Crippen LogP contribution in [0, 0.1) is 30.5 Å². The zero-order valence-corrected chi connectivity index (χ0v) is 18.4. The number of piperidine rings is 1. The Bertz CT molecular complexity index is 891. The minimum atomic E-state index is -3.68. The van der Waals surface area contributed by atoms with E-state index in [0.29, 0.717) is 5.56 Å². The van der Waals surface area contributed by atoms with Crippen LogP contribution in [0.5, 0.6) is 0 Å². The van der Waals surface area contributed by atoms with Crippen molar-refractivity contribution in [2.24, 2.45) is 17.8 Å².